The second-order valence-electron chi connectivity index (χ2n) is 4.19. The van der Waals surface area contributed by atoms with Crippen molar-refractivity contribution in [3.8, 4) is 11.5 Å². The number of benzene rings is 1. The summed E-state index contributed by atoms with van der Waals surface area (Å²) in [6.07, 6.45) is 1.42. The summed E-state index contributed by atoms with van der Waals surface area (Å²) in [4.78, 5) is 14.7. The number of aryl methyl sites for hydroxylation is 1. The summed E-state index contributed by atoms with van der Waals surface area (Å²) in [5.74, 6) is 0.636. The average molecular weight is 322 g/mol. The summed E-state index contributed by atoms with van der Waals surface area (Å²) in [5, 5.41) is 17.5. The number of non-ortho nitro benzene ring substituents is 1. The highest BCUT2D eigenvalue weighted by Gasteiger charge is 2.17. The molecule has 0 bridgehead atoms. The Morgan fingerprint density at radius 3 is 2.73 bits per heavy atom. The van der Waals surface area contributed by atoms with Crippen LogP contribution in [-0.2, 0) is 0 Å². The third-order valence-corrected chi connectivity index (χ3v) is 3.55. The maximum Gasteiger partial charge on any atom is 0.274 e. The molecule has 8 nitrogen and oxygen atoms in total. The number of rotatable bonds is 6. The van der Waals surface area contributed by atoms with Gasteiger partial charge in [-0.1, -0.05) is 0 Å². The third-order valence-electron chi connectivity index (χ3n) is 2.69. The van der Waals surface area contributed by atoms with Crippen LogP contribution in [0.15, 0.2) is 22.6 Å². The van der Waals surface area contributed by atoms with E-state index in [-0.39, 0.29) is 11.4 Å². The molecule has 2 aromatic rings. The first-order valence-corrected chi connectivity index (χ1v) is 7.04. The molecule has 1 aromatic carbocycles. The molecule has 0 amide bonds. The summed E-state index contributed by atoms with van der Waals surface area (Å²) >= 11 is 1.41. The molecule has 0 unspecified atom stereocenters. The molecule has 0 saturated carbocycles. The topological polar surface area (TPSA) is 98.9 Å². The third kappa shape index (κ3) is 3.50. The maximum atomic E-state index is 11.0. The fourth-order valence-electron chi connectivity index (χ4n) is 1.74. The molecule has 2 rings (SSSR count). The van der Waals surface area contributed by atoms with Crippen LogP contribution in [0, 0.1) is 17.0 Å². The number of hydrogen-bond acceptors (Lipinski definition) is 8. The van der Waals surface area contributed by atoms with Gasteiger partial charge in [0.25, 0.3) is 5.69 Å². The zero-order valence-electron chi connectivity index (χ0n) is 12.2. The maximum absolute atomic E-state index is 11.0. The van der Waals surface area contributed by atoms with E-state index < -0.39 is 4.92 Å². The minimum atomic E-state index is -0.503. The van der Waals surface area contributed by atoms with E-state index in [1.807, 2.05) is 12.3 Å². The number of nitrogens with zero attached hydrogens (tertiary/aromatic N) is 3. The Hall–Kier alpha value is -2.68. The van der Waals surface area contributed by atoms with Gasteiger partial charge in [0.1, 0.15) is 0 Å². The molecular formula is C13H14N4O4S. The van der Waals surface area contributed by atoms with E-state index in [0.717, 1.165) is 5.69 Å². The van der Waals surface area contributed by atoms with E-state index in [4.69, 9.17) is 9.47 Å². The van der Waals surface area contributed by atoms with Gasteiger partial charge >= 0.3 is 0 Å². The molecule has 0 aliphatic heterocycles. The molecule has 1 aromatic heterocycles. The second-order valence-corrected chi connectivity index (χ2v) is 5.05. The molecule has 0 radical (unpaired) electrons. The van der Waals surface area contributed by atoms with E-state index in [1.165, 1.54) is 43.9 Å². The quantitative estimate of drug-likeness (QED) is 0.499. The smallest absolute Gasteiger partial charge is 0.274 e. The first-order chi connectivity index (χ1) is 10.5. The Morgan fingerprint density at radius 2 is 2.18 bits per heavy atom. The van der Waals surface area contributed by atoms with Crippen LogP contribution in [0.1, 0.15) is 11.3 Å². The number of aromatic nitrogens is 1. The minimum absolute atomic E-state index is 0.107. The standard InChI is InChI=1S/C13H14N4O4S/c1-8-7-22-13(15-8)16-14-6-9-4-10(17(18)19)5-11(20-2)12(9)21-3/h4-7H,1-3H3,(H,15,16). The van der Waals surface area contributed by atoms with Crippen molar-refractivity contribution in [2.24, 2.45) is 5.10 Å². The molecule has 9 heteroatoms. The van der Waals surface area contributed by atoms with Crippen molar-refractivity contribution in [2.75, 3.05) is 19.6 Å². The van der Waals surface area contributed by atoms with Crippen molar-refractivity contribution >= 4 is 28.4 Å². The van der Waals surface area contributed by atoms with Crippen LogP contribution in [0.3, 0.4) is 0 Å². The highest BCUT2D eigenvalue weighted by molar-refractivity contribution is 7.13. The van der Waals surface area contributed by atoms with Crippen molar-refractivity contribution in [3.05, 3.63) is 38.9 Å². The van der Waals surface area contributed by atoms with E-state index in [1.54, 1.807) is 0 Å². The number of nitro groups is 1. The summed E-state index contributed by atoms with van der Waals surface area (Å²) in [6.45, 7) is 1.87. The van der Waals surface area contributed by atoms with Crippen molar-refractivity contribution in [2.45, 2.75) is 6.92 Å². The Bertz CT molecular complexity index is 714. The summed E-state index contributed by atoms with van der Waals surface area (Å²) in [7, 11) is 2.87. The lowest BCUT2D eigenvalue weighted by Crippen LogP contribution is -1.99. The van der Waals surface area contributed by atoms with E-state index in [2.05, 4.69) is 15.5 Å². The number of methoxy groups -OCH3 is 2. The van der Waals surface area contributed by atoms with Crippen LogP contribution < -0.4 is 14.9 Å². The fourth-order valence-corrected chi connectivity index (χ4v) is 2.38. The zero-order valence-corrected chi connectivity index (χ0v) is 13.0. The zero-order chi connectivity index (χ0) is 16.1. The molecule has 22 heavy (non-hydrogen) atoms. The van der Waals surface area contributed by atoms with Gasteiger partial charge in [0.05, 0.1) is 37.1 Å². The lowest BCUT2D eigenvalue weighted by Gasteiger charge is -2.09. The minimum Gasteiger partial charge on any atom is -0.493 e. The SMILES string of the molecule is COc1cc([N+](=O)[O-])cc(C=NNc2nc(C)cs2)c1OC. The number of thiazole rings is 1. The van der Waals surface area contributed by atoms with Crippen LogP contribution in [0.2, 0.25) is 0 Å². The number of ether oxygens (including phenoxy) is 2. The average Bonchev–Trinajstić information content (AvgIpc) is 2.91. The number of nitrogens with one attached hydrogen (secondary N) is 1. The number of nitro benzene ring substituents is 1. The molecule has 0 atom stereocenters. The normalized spacial score (nSPS) is 10.7. The van der Waals surface area contributed by atoms with Crippen LogP contribution in [0.5, 0.6) is 11.5 Å². The van der Waals surface area contributed by atoms with Gasteiger partial charge in [-0.05, 0) is 6.92 Å². The van der Waals surface area contributed by atoms with Gasteiger partial charge in [0.15, 0.2) is 11.5 Å². The first kappa shape index (κ1) is 15.7. The van der Waals surface area contributed by atoms with Gasteiger partial charge in [0.2, 0.25) is 5.13 Å². The van der Waals surface area contributed by atoms with E-state index >= 15 is 0 Å². The second kappa shape index (κ2) is 6.85. The van der Waals surface area contributed by atoms with Crippen LogP contribution in [0.25, 0.3) is 0 Å². The van der Waals surface area contributed by atoms with Crippen molar-refractivity contribution in [3.63, 3.8) is 0 Å². The van der Waals surface area contributed by atoms with Gasteiger partial charge in [0, 0.05) is 17.0 Å². The first-order valence-electron chi connectivity index (χ1n) is 6.16. The molecule has 0 aliphatic carbocycles. The van der Waals surface area contributed by atoms with Crippen molar-refractivity contribution in [1.29, 1.82) is 0 Å². The number of hydrazone groups is 1. The molecule has 0 saturated heterocycles. The van der Waals surface area contributed by atoms with E-state index in [9.17, 15) is 10.1 Å². The monoisotopic (exact) mass is 322 g/mol. The largest absolute Gasteiger partial charge is 0.493 e. The van der Waals surface area contributed by atoms with Gasteiger partial charge in [-0.25, -0.2) is 4.98 Å². The van der Waals surface area contributed by atoms with Crippen molar-refractivity contribution in [1.82, 2.24) is 4.98 Å². The van der Waals surface area contributed by atoms with Crippen LogP contribution in [0.4, 0.5) is 10.8 Å². The Morgan fingerprint density at radius 1 is 1.41 bits per heavy atom. The molecule has 0 fully saturated rings. The number of anilines is 1. The Labute approximate surface area is 130 Å². The van der Waals surface area contributed by atoms with Gasteiger partial charge in [-0.15, -0.1) is 11.3 Å². The predicted octanol–water partition coefficient (Wildman–Crippen LogP) is 2.82. The van der Waals surface area contributed by atoms with Crippen molar-refractivity contribution < 1.29 is 14.4 Å². The molecule has 1 N–H and O–H groups in total. The molecule has 116 valence electrons. The summed E-state index contributed by atoms with van der Waals surface area (Å²) in [6, 6.07) is 2.66. The number of hydrogen-bond donors (Lipinski definition) is 1. The molecule has 1 heterocycles. The Kier molecular flexibility index (Phi) is 4.89. The highest BCUT2D eigenvalue weighted by atomic mass is 32.1. The van der Waals surface area contributed by atoms with Gasteiger partial charge in [-0.2, -0.15) is 5.10 Å². The lowest BCUT2D eigenvalue weighted by molar-refractivity contribution is -0.385. The fraction of sp³-hybridized carbons (Fsp3) is 0.231. The van der Waals surface area contributed by atoms with E-state index in [0.29, 0.717) is 16.4 Å². The highest BCUT2D eigenvalue weighted by Crippen LogP contribution is 2.34. The molecule has 0 aliphatic rings. The van der Waals surface area contributed by atoms with Crippen LogP contribution in [-0.4, -0.2) is 30.3 Å². The summed E-state index contributed by atoms with van der Waals surface area (Å²) in [5.41, 5.74) is 3.97. The molecule has 0 spiro atoms. The predicted molar refractivity (Wildman–Crippen MR) is 84.3 cm³/mol. The van der Waals surface area contributed by atoms with Gasteiger partial charge in [-0.3, -0.25) is 15.5 Å². The molecular weight excluding hydrogens is 308 g/mol. The summed E-state index contributed by atoms with van der Waals surface area (Å²) < 4.78 is 10.3. The van der Waals surface area contributed by atoms with Gasteiger partial charge < -0.3 is 9.47 Å². The lowest BCUT2D eigenvalue weighted by atomic mass is 10.1. The van der Waals surface area contributed by atoms with Crippen LogP contribution >= 0.6 is 11.3 Å². The Balaban J connectivity index is 2.31.